The highest BCUT2D eigenvalue weighted by Crippen LogP contribution is 1.91. The monoisotopic (exact) mass is 242 g/mol. The molecule has 0 aliphatic rings. The lowest BCUT2D eigenvalue weighted by Crippen LogP contribution is -2.31. The Morgan fingerprint density at radius 1 is 1.47 bits per heavy atom. The van der Waals surface area contributed by atoms with Crippen molar-refractivity contribution in [3.05, 3.63) is 24.8 Å². The fourth-order valence-corrected chi connectivity index (χ4v) is 0.835. The molecule has 98 valence electrons. The van der Waals surface area contributed by atoms with Crippen LogP contribution in [0.1, 0.15) is 20.3 Å². The summed E-state index contributed by atoms with van der Waals surface area (Å²) in [7, 11) is 0. The molecular weight excluding hydrogens is 220 g/mol. The lowest BCUT2D eigenvalue weighted by molar-refractivity contribution is -0.132. The number of likely N-dealkylation sites (N-methyl/N-ethyl adjacent to an activating group) is 1. The van der Waals surface area contributed by atoms with Gasteiger partial charge in [-0.2, -0.15) is 0 Å². The van der Waals surface area contributed by atoms with E-state index in [0.29, 0.717) is 6.54 Å². The van der Waals surface area contributed by atoms with Crippen molar-refractivity contribution in [1.82, 2.24) is 4.90 Å². The molecule has 0 aliphatic carbocycles. The van der Waals surface area contributed by atoms with Crippen molar-refractivity contribution in [2.24, 2.45) is 5.73 Å². The van der Waals surface area contributed by atoms with Crippen LogP contribution in [0.5, 0.6) is 0 Å². The molecule has 0 radical (unpaired) electrons. The number of aliphatic carboxylic acids is 1. The fraction of sp³-hybridized carbons (Fsp3) is 0.500. The van der Waals surface area contributed by atoms with Crippen LogP contribution in [0.15, 0.2) is 24.8 Å². The van der Waals surface area contributed by atoms with Gasteiger partial charge in [0.25, 0.3) is 0 Å². The van der Waals surface area contributed by atoms with E-state index in [1.165, 1.54) is 13.0 Å². The predicted molar refractivity (Wildman–Crippen MR) is 68.6 cm³/mol. The van der Waals surface area contributed by atoms with Gasteiger partial charge in [0.15, 0.2) is 0 Å². The summed E-state index contributed by atoms with van der Waals surface area (Å²) in [5.74, 6) is -0.948. The van der Waals surface area contributed by atoms with Crippen LogP contribution in [-0.4, -0.2) is 41.5 Å². The molecule has 0 rings (SSSR count). The summed E-state index contributed by atoms with van der Waals surface area (Å²) in [6.45, 7) is 12.0. The molecule has 0 aromatic heterocycles. The summed E-state index contributed by atoms with van der Waals surface area (Å²) in [6, 6.07) is 0. The molecule has 17 heavy (non-hydrogen) atoms. The van der Waals surface area contributed by atoms with Crippen molar-refractivity contribution >= 4 is 11.9 Å². The average Bonchev–Trinajstić information content (AvgIpc) is 2.30. The molecule has 0 aromatic rings. The molecule has 5 nitrogen and oxygen atoms in total. The number of carboxylic acid groups (broad SMARTS) is 1. The average molecular weight is 242 g/mol. The molecule has 0 saturated carbocycles. The maximum Gasteiger partial charge on any atom is 0.330 e. The minimum atomic E-state index is -0.935. The van der Waals surface area contributed by atoms with Crippen molar-refractivity contribution < 1.29 is 14.7 Å². The van der Waals surface area contributed by atoms with E-state index in [9.17, 15) is 9.59 Å². The Labute approximate surface area is 103 Å². The third-order valence-electron chi connectivity index (χ3n) is 1.87. The van der Waals surface area contributed by atoms with Crippen LogP contribution >= 0.6 is 0 Å². The van der Waals surface area contributed by atoms with Gasteiger partial charge in [-0.3, -0.25) is 4.79 Å². The second-order valence-corrected chi connectivity index (χ2v) is 3.35. The van der Waals surface area contributed by atoms with Crippen molar-refractivity contribution in [2.45, 2.75) is 20.3 Å². The number of nitrogens with two attached hydrogens (primary N) is 1. The zero-order chi connectivity index (χ0) is 13.8. The lowest BCUT2D eigenvalue weighted by atomic mass is 10.3. The number of carbonyl (C=O) groups is 2. The van der Waals surface area contributed by atoms with Gasteiger partial charge < -0.3 is 15.7 Å². The van der Waals surface area contributed by atoms with Crippen LogP contribution in [0.3, 0.4) is 0 Å². The summed E-state index contributed by atoms with van der Waals surface area (Å²) in [4.78, 5) is 22.3. The summed E-state index contributed by atoms with van der Waals surface area (Å²) >= 11 is 0. The predicted octanol–water partition coefficient (Wildman–Crippen LogP) is 1.02. The van der Waals surface area contributed by atoms with E-state index in [1.54, 1.807) is 4.90 Å². The van der Waals surface area contributed by atoms with Gasteiger partial charge in [0, 0.05) is 18.7 Å². The highest BCUT2D eigenvalue weighted by molar-refractivity contribution is 5.86. The first kappa shape index (κ1) is 17.8. The van der Waals surface area contributed by atoms with Crippen LogP contribution in [0.4, 0.5) is 0 Å². The largest absolute Gasteiger partial charge is 0.478 e. The molecule has 0 aromatic carbocycles. The van der Waals surface area contributed by atoms with Crippen LogP contribution in [0.25, 0.3) is 0 Å². The zero-order valence-electron chi connectivity index (χ0n) is 10.6. The second kappa shape index (κ2) is 10.9. The number of rotatable bonds is 6. The topological polar surface area (TPSA) is 83.6 Å². The normalized spacial score (nSPS) is 8.65. The highest BCUT2D eigenvalue weighted by atomic mass is 16.4. The van der Waals surface area contributed by atoms with E-state index >= 15 is 0 Å². The second-order valence-electron chi connectivity index (χ2n) is 3.35. The van der Waals surface area contributed by atoms with Gasteiger partial charge in [-0.1, -0.05) is 13.2 Å². The Bertz CT molecular complexity index is 263. The molecule has 5 heteroatoms. The Morgan fingerprint density at radius 2 is 1.94 bits per heavy atom. The summed E-state index contributed by atoms with van der Waals surface area (Å²) in [6.07, 6.45) is 2.19. The van der Waals surface area contributed by atoms with Crippen LogP contribution in [0.2, 0.25) is 0 Å². The van der Waals surface area contributed by atoms with Crippen molar-refractivity contribution in [1.29, 1.82) is 0 Å². The van der Waals surface area contributed by atoms with Gasteiger partial charge in [0.05, 0.1) is 0 Å². The first-order chi connectivity index (χ1) is 7.90. The minimum Gasteiger partial charge on any atom is -0.478 e. The maximum atomic E-state index is 11.0. The Balaban J connectivity index is 0. The first-order valence-electron chi connectivity index (χ1n) is 5.40. The van der Waals surface area contributed by atoms with E-state index in [1.807, 2.05) is 6.92 Å². The molecule has 0 saturated heterocycles. The molecular formula is C12H22N2O3. The fourth-order valence-electron chi connectivity index (χ4n) is 0.835. The number of amides is 1. The smallest absolute Gasteiger partial charge is 0.330 e. The Hall–Kier alpha value is -1.62. The van der Waals surface area contributed by atoms with Crippen LogP contribution in [-0.2, 0) is 9.59 Å². The summed E-state index contributed by atoms with van der Waals surface area (Å²) in [5.41, 5.74) is 5.49. The van der Waals surface area contributed by atoms with Crippen molar-refractivity contribution in [3.8, 4) is 0 Å². The number of hydrogen-bond acceptors (Lipinski definition) is 3. The van der Waals surface area contributed by atoms with Gasteiger partial charge in [0.2, 0.25) is 5.91 Å². The van der Waals surface area contributed by atoms with E-state index in [4.69, 9.17) is 10.8 Å². The van der Waals surface area contributed by atoms with Crippen LogP contribution in [0, 0.1) is 0 Å². The molecule has 0 spiro atoms. The Morgan fingerprint density at radius 3 is 2.18 bits per heavy atom. The van der Waals surface area contributed by atoms with Gasteiger partial charge in [0.1, 0.15) is 0 Å². The molecule has 1 amide bonds. The van der Waals surface area contributed by atoms with Crippen molar-refractivity contribution in [2.75, 3.05) is 19.6 Å². The van der Waals surface area contributed by atoms with Gasteiger partial charge in [-0.15, -0.1) is 0 Å². The number of nitrogens with zero attached hydrogens (tertiary/aromatic N) is 1. The zero-order valence-corrected chi connectivity index (χ0v) is 10.6. The summed E-state index contributed by atoms with van der Waals surface area (Å²) < 4.78 is 0. The molecule has 3 N–H and O–H groups in total. The first-order valence-corrected chi connectivity index (χ1v) is 5.40. The third kappa shape index (κ3) is 10.7. The minimum absolute atomic E-state index is 0.0130. The number of hydrogen-bond donors (Lipinski definition) is 2. The van der Waals surface area contributed by atoms with Crippen LogP contribution < -0.4 is 5.73 Å². The van der Waals surface area contributed by atoms with E-state index in [-0.39, 0.29) is 11.5 Å². The highest BCUT2D eigenvalue weighted by Gasteiger charge is 2.04. The van der Waals surface area contributed by atoms with E-state index < -0.39 is 5.97 Å². The molecule has 0 atom stereocenters. The molecule has 0 fully saturated rings. The summed E-state index contributed by atoms with van der Waals surface area (Å²) in [5, 5.41) is 7.89. The lowest BCUT2D eigenvalue weighted by Gasteiger charge is -2.17. The SMILES string of the molecule is C=C(C)C(=O)O.C=CC(=O)N(CC)CCCN. The van der Waals surface area contributed by atoms with E-state index in [2.05, 4.69) is 13.2 Å². The standard InChI is InChI=1S/C8H16N2O.C4H6O2/c1-3-8(11)10(4-2)7-5-6-9;1-3(2)4(5)6/h3H,1,4-7,9H2,2H3;1H2,2H3,(H,5,6). The maximum absolute atomic E-state index is 11.0. The van der Waals surface area contributed by atoms with E-state index in [0.717, 1.165) is 19.5 Å². The van der Waals surface area contributed by atoms with Crippen molar-refractivity contribution in [3.63, 3.8) is 0 Å². The quantitative estimate of drug-likeness (QED) is 0.681. The number of carboxylic acids is 1. The van der Waals surface area contributed by atoms with Gasteiger partial charge >= 0.3 is 5.97 Å². The molecule has 0 unspecified atom stereocenters. The van der Waals surface area contributed by atoms with Gasteiger partial charge in [-0.25, -0.2) is 4.79 Å². The molecule has 0 bridgehead atoms. The third-order valence-corrected chi connectivity index (χ3v) is 1.87. The molecule has 0 heterocycles. The Kier molecular flexibility index (Phi) is 11.4. The molecule has 0 aliphatic heterocycles. The number of carbonyl (C=O) groups excluding carboxylic acids is 1. The van der Waals surface area contributed by atoms with Gasteiger partial charge in [-0.05, 0) is 32.9 Å².